The summed E-state index contributed by atoms with van der Waals surface area (Å²) in [5.74, 6) is 0.0827. The summed E-state index contributed by atoms with van der Waals surface area (Å²) in [5, 5.41) is 8.08. The van der Waals surface area contributed by atoms with Crippen LogP contribution in [0.5, 0.6) is 0 Å². The van der Waals surface area contributed by atoms with Crippen molar-refractivity contribution in [1.29, 1.82) is 0 Å². The number of hydrogen-bond donors (Lipinski definition) is 0. The Kier molecular flexibility index (Phi) is 4.26. The lowest BCUT2D eigenvalue weighted by molar-refractivity contribution is 0.462. The lowest BCUT2D eigenvalue weighted by atomic mass is 10.2. The smallest absolute Gasteiger partial charge is 0.277 e. The van der Waals surface area contributed by atoms with Crippen molar-refractivity contribution in [1.82, 2.24) is 19.6 Å². The summed E-state index contributed by atoms with van der Waals surface area (Å²) < 4.78 is 20.8. The normalized spacial score (nSPS) is 11.2. The first-order valence-corrected chi connectivity index (χ1v) is 8.79. The molecule has 0 N–H and O–H groups in total. The molecule has 0 saturated heterocycles. The van der Waals surface area contributed by atoms with Crippen molar-refractivity contribution < 1.29 is 8.81 Å². The minimum absolute atomic E-state index is 0.119. The molecule has 0 amide bonds. The lowest BCUT2D eigenvalue weighted by Crippen LogP contribution is -2.15. The van der Waals surface area contributed by atoms with Gasteiger partial charge in [0.05, 0.1) is 11.3 Å². The molecule has 3 heterocycles. The second kappa shape index (κ2) is 6.72. The monoisotopic (exact) mass is 368 g/mol. The SMILES string of the molecule is Cc1cccn2c(=O)cc(CSc3nnc(-c4ccccc4F)o3)nc12. The van der Waals surface area contributed by atoms with Crippen molar-refractivity contribution in [2.24, 2.45) is 0 Å². The molecule has 0 radical (unpaired) electrons. The van der Waals surface area contributed by atoms with E-state index in [0.29, 0.717) is 17.1 Å². The fourth-order valence-corrected chi connectivity index (χ4v) is 3.19. The van der Waals surface area contributed by atoms with Gasteiger partial charge in [0.15, 0.2) is 0 Å². The quantitative estimate of drug-likeness (QED) is 0.514. The topological polar surface area (TPSA) is 73.3 Å². The highest BCUT2D eigenvalue weighted by molar-refractivity contribution is 7.98. The number of hydrogen-bond acceptors (Lipinski definition) is 6. The molecule has 4 aromatic rings. The van der Waals surface area contributed by atoms with Gasteiger partial charge in [-0.05, 0) is 30.7 Å². The highest BCUT2D eigenvalue weighted by Crippen LogP contribution is 2.26. The Bertz CT molecular complexity index is 1160. The van der Waals surface area contributed by atoms with Gasteiger partial charge < -0.3 is 4.42 Å². The van der Waals surface area contributed by atoms with E-state index in [2.05, 4.69) is 15.2 Å². The molecule has 4 rings (SSSR count). The van der Waals surface area contributed by atoms with Crippen LogP contribution >= 0.6 is 11.8 Å². The molecule has 0 aliphatic carbocycles. The maximum Gasteiger partial charge on any atom is 0.277 e. The molecule has 0 saturated carbocycles. The third kappa shape index (κ3) is 3.11. The number of fused-ring (bicyclic) bond motifs is 1. The molecule has 3 aromatic heterocycles. The lowest BCUT2D eigenvalue weighted by Gasteiger charge is -2.05. The molecule has 0 unspecified atom stereocenters. The Labute approximate surface area is 151 Å². The van der Waals surface area contributed by atoms with Crippen LogP contribution in [0.25, 0.3) is 17.1 Å². The van der Waals surface area contributed by atoms with Gasteiger partial charge in [-0.2, -0.15) is 0 Å². The minimum atomic E-state index is -0.424. The highest BCUT2D eigenvalue weighted by Gasteiger charge is 2.13. The van der Waals surface area contributed by atoms with E-state index in [1.807, 2.05) is 19.1 Å². The minimum Gasteiger partial charge on any atom is -0.411 e. The zero-order chi connectivity index (χ0) is 18.1. The van der Waals surface area contributed by atoms with E-state index in [1.54, 1.807) is 24.4 Å². The van der Waals surface area contributed by atoms with Gasteiger partial charge in [0, 0.05) is 18.0 Å². The number of rotatable bonds is 4. The van der Waals surface area contributed by atoms with Gasteiger partial charge in [-0.3, -0.25) is 9.20 Å². The van der Waals surface area contributed by atoms with Gasteiger partial charge in [-0.15, -0.1) is 10.2 Å². The summed E-state index contributed by atoms with van der Waals surface area (Å²) in [5.41, 5.74) is 2.25. The molecule has 130 valence electrons. The van der Waals surface area contributed by atoms with Crippen LogP contribution in [-0.4, -0.2) is 19.6 Å². The van der Waals surface area contributed by atoms with Crippen molar-refractivity contribution in [2.45, 2.75) is 17.9 Å². The molecule has 6 nitrogen and oxygen atoms in total. The van der Waals surface area contributed by atoms with E-state index < -0.39 is 5.82 Å². The van der Waals surface area contributed by atoms with Gasteiger partial charge in [-0.1, -0.05) is 30.0 Å². The van der Waals surface area contributed by atoms with Crippen molar-refractivity contribution in [3.63, 3.8) is 0 Å². The molecular weight excluding hydrogens is 355 g/mol. The molecule has 0 atom stereocenters. The summed E-state index contributed by atoms with van der Waals surface area (Å²) in [4.78, 5) is 16.7. The Hall–Kier alpha value is -3.00. The standard InChI is InChI=1S/C18H13FN4O2S/c1-11-5-4-8-23-15(24)9-12(20-16(11)23)10-26-18-22-21-17(25-18)13-6-2-3-7-14(13)19/h2-9H,10H2,1H3. The molecule has 26 heavy (non-hydrogen) atoms. The third-order valence-electron chi connectivity index (χ3n) is 3.79. The maximum atomic E-state index is 13.8. The molecular formula is C18H13FN4O2S. The van der Waals surface area contributed by atoms with Gasteiger partial charge >= 0.3 is 0 Å². The second-order valence-electron chi connectivity index (χ2n) is 5.61. The summed E-state index contributed by atoms with van der Waals surface area (Å²) >= 11 is 1.24. The molecule has 0 fully saturated rings. The van der Waals surface area contributed by atoms with E-state index in [0.717, 1.165) is 5.56 Å². The summed E-state index contributed by atoms with van der Waals surface area (Å²) in [7, 11) is 0. The number of nitrogens with zero attached hydrogens (tertiary/aromatic N) is 4. The number of benzene rings is 1. The average Bonchev–Trinajstić information content (AvgIpc) is 3.10. The van der Waals surface area contributed by atoms with Crippen LogP contribution in [0.15, 0.2) is 63.1 Å². The number of pyridine rings is 1. The number of thioether (sulfide) groups is 1. The summed E-state index contributed by atoms with van der Waals surface area (Å²) in [6.07, 6.45) is 1.69. The van der Waals surface area contributed by atoms with Crippen LogP contribution in [0.1, 0.15) is 11.3 Å². The molecule has 8 heteroatoms. The van der Waals surface area contributed by atoms with E-state index in [9.17, 15) is 9.18 Å². The summed E-state index contributed by atoms with van der Waals surface area (Å²) in [6.45, 7) is 1.90. The maximum absolute atomic E-state index is 13.8. The van der Waals surface area contributed by atoms with E-state index in [4.69, 9.17) is 4.42 Å². The molecule has 0 aliphatic rings. The van der Waals surface area contributed by atoms with Crippen molar-refractivity contribution in [2.75, 3.05) is 0 Å². The first kappa shape index (κ1) is 16.5. The molecule has 1 aromatic carbocycles. The van der Waals surface area contributed by atoms with E-state index >= 15 is 0 Å². The zero-order valence-electron chi connectivity index (χ0n) is 13.7. The first-order valence-electron chi connectivity index (χ1n) is 7.81. The average molecular weight is 368 g/mol. The Morgan fingerprint density at radius 3 is 2.88 bits per heavy atom. The second-order valence-corrected chi connectivity index (χ2v) is 6.54. The van der Waals surface area contributed by atoms with Crippen molar-refractivity contribution in [3.05, 3.63) is 76.1 Å². The number of aryl methyl sites for hydroxylation is 1. The van der Waals surface area contributed by atoms with Gasteiger partial charge in [-0.25, -0.2) is 9.37 Å². The van der Waals surface area contributed by atoms with Crippen LogP contribution in [0.4, 0.5) is 4.39 Å². The fourth-order valence-electron chi connectivity index (χ4n) is 2.53. The van der Waals surface area contributed by atoms with Crippen LogP contribution in [0.2, 0.25) is 0 Å². The Morgan fingerprint density at radius 1 is 1.19 bits per heavy atom. The Balaban J connectivity index is 1.57. The largest absolute Gasteiger partial charge is 0.411 e. The third-order valence-corrected chi connectivity index (χ3v) is 4.65. The van der Waals surface area contributed by atoms with Gasteiger partial charge in [0.1, 0.15) is 11.5 Å². The summed E-state index contributed by atoms with van der Waals surface area (Å²) in [6, 6.07) is 11.4. The van der Waals surface area contributed by atoms with Gasteiger partial charge in [0.25, 0.3) is 16.7 Å². The molecule has 0 bridgehead atoms. The first-order chi connectivity index (χ1) is 12.6. The van der Waals surface area contributed by atoms with Crippen molar-refractivity contribution in [3.8, 4) is 11.5 Å². The van der Waals surface area contributed by atoms with Crippen LogP contribution < -0.4 is 5.56 Å². The Morgan fingerprint density at radius 2 is 2.04 bits per heavy atom. The predicted molar refractivity (Wildman–Crippen MR) is 95.5 cm³/mol. The van der Waals surface area contributed by atoms with Crippen molar-refractivity contribution >= 4 is 17.4 Å². The number of aromatic nitrogens is 4. The van der Waals surface area contributed by atoms with Crippen LogP contribution in [-0.2, 0) is 5.75 Å². The molecule has 0 spiro atoms. The van der Waals surface area contributed by atoms with Gasteiger partial charge in [0.2, 0.25) is 0 Å². The van der Waals surface area contributed by atoms with E-state index in [1.165, 1.54) is 28.3 Å². The van der Waals surface area contributed by atoms with E-state index in [-0.39, 0.29) is 22.2 Å². The predicted octanol–water partition coefficient (Wildman–Crippen LogP) is 3.48. The van der Waals surface area contributed by atoms with Crippen LogP contribution in [0, 0.1) is 12.7 Å². The number of halogens is 1. The molecule has 0 aliphatic heterocycles. The zero-order valence-corrected chi connectivity index (χ0v) is 14.5. The van der Waals surface area contributed by atoms with Crippen LogP contribution in [0.3, 0.4) is 0 Å². The fraction of sp³-hybridized carbons (Fsp3) is 0.111. The highest BCUT2D eigenvalue weighted by atomic mass is 32.2.